The highest BCUT2D eigenvalue weighted by Gasteiger charge is 2.31. The second-order valence-corrected chi connectivity index (χ2v) is 5.62. The standard InChI is InChI=1S/C13H14F3NOS/c1-2-10-7-11(18)8-17(10)19-12-5-3-9(4-6-12)13(14,15)16/h3-6,10H,2,7-8H2,1H3/t10-/m1/s1. The van der Waals surface area contributed by atoms with Gasteiger partial charge in [-0.25, -0.2) is 4.31 Å². The normalized spacial score (nSPS) is 21.1. The fourth-order valence-electron chi connectivity index (χ4n) is 2.03. The quantitative estimate of drug-likeness (QED) is 0.790. The maximum atomic E-state index is 12.4. The number of hydrogen-bond acceptors (Lipinski definition) is 3. The van der Waals surface area contributed by atoms with Gasteiger partial charge in [0.25, 0.3) is 0 Å². The summed E-state index contributed by atoms with van der Waals surface area (Å²) >= 11 is 1.35. The van der Waals surface area contributed by atoms with Crippen molar-refractivity contribution < 1.29 is 18.0 Å². The fraction of sp³-hybridized carbons (Fsp3) is 0.462. The van der Waals surface area contributed by atoms with Crippen molar-refractivity contribution in [3.05, 3.63) is 29.8 Å². The number of benzene rings is 1. The van der Waals surface area contributed by atoms with Crippen LogP contribution in [0.15, 0.2) is 29.2 Å². The first kappa shape index (κ1) is 14.4. The van der Waals surface area contributed by atoms with Crippen LogP contribution in [0.3, 0.4) is 0 Å². The Bertz CT molecular complexity index is 458. The summed E-state index contributed by atoms with van der Waals surface area (Å²) in [6.45, 7) is 2.37. The summed E-state index contributed by atoms with van der Waals surface area (Å²) in [5.41, 5.74) is -0.651. The molecule has 0 unspecified atom stereocenters. The van der Waals surface area contributed by atoms with Gasteiger partial charge in [0.1, 0.15) is 5.78 Å². The summed E-state index contributed by atoms with van der Waals surface area (Å²) in [7, 11) is 0. The van der Waals surface area contributed by atoms with Gasteiger partial charge in [0, 0.05) is 17.4 Å². The maximum absolute atomic E-state index is 12.4. The number of carbonyl (C=O) groups excluding carboxylic acids is 1. The second kappa shape index (κ2) is 5.54. The van der Waals surface area contributed by atoms with E-state index in [1.165, 1.54) is 24.1 Å². The predicted octanol–water partition coefficient (Wildman–Crippen LogP) is 3.77. The van der Waals surface area contributed by atoms with Crippen LogP contribution in [0.25, 0.3) is 0 Å². The average molecular weight is 289 g/mol. The number of halogens is 3. The monoisotopic (exact) mass is 289 g/mol. The van der Waals surface area contributed by atoms with E-state index in [2.05, 4.69) is 0 Å². The molecule has 2 rings (SSSR count). The van der Waals surface area contributed by atoms with Crippen LogP contribution in [0.4, 0.5) is 13.2 Å². The van der Waals surface area contributed by atoms with Crippen LogP contribution in [0.1, 0.15) is 25.3 Å². The van der Waals surface area contributed by atoms with Crippen molar-refractivity contribution in [1.29, 1.82) is 0 Å². The molecule has 0 aliphatic carbocycles. The Kier molecular flexibility index (Phi) is 4.20. The first-order valence-corrected chi connectivity index (χ1v) is 6.81. The first-order valence-electron chi connectivity index (χ1n) is 6.03. The summed E-state index contributed by atoms with van der Waals surface area (Å²) in [4.78, 5) is 12.1. The Hall–Kier alpha value is -1.01. The van der Waals surface area contributed by atoms with E-state index in [1.807, 2.05) is 11.2 Å². The smallest absolute Gasteiger partial charge is 0.298 e. The maximum Gasteiger partial charge on any atom is 0.416 e. The molecule has 1 aliphatic heterocycles. The third-order valence-corrected chi connectivity index (χ3v) is 4.22. The third kappa shape index (κ3) is 3.51. The summed E-state index contributed by atoms with van der Waals surface area (Å²) < 4.78 is 39.2. The van der Waals surface area contributed by atoms with E-state index in [0.717, 1.165) is 23.4 Å². The molecule has 0 bridgehead atoms. The van der Waals surface area contributed by atoms with E-state index in [0.29, 0.717) is 13.0 Å². The lowest BCUT2D eigenvalue weighted by atomic mass is 10.2. The largest absolute Gasteiger partial charge is 0.416 e. The Morgan fingerprint density at radius 2 is 1.95 bits per heavy atom. The first-order chi connectivity index (χ1) is 8.90. The molecular weight excluding hydrogens is 275 g/mol. The summed E-state index contributed by atoms with van der Waals surface area (Å²) in [6, 6.07) is 5.22. The molecule has 1 aromatic rings. The van der Waals surface area contributed by atoms with E-state index < -0.39 is 11.7 Å². The number of alkyl halides is 3. The molecule has 1 aromatic carbocycles. The highest BCUT2D eigenvalue weighted by molar-refractivity contribution is 7.97. The Labute approximate surface area is 114 Å². The van der Waals surface area contributed by atoms with Gasteiger partial charge in [0.2, 0.25) is 0 Å². The zero-order valence-corrected chi connectivity index (χ0v) is 11.2. The van der Waals surface area contributed by atoms with E-state index in [9.17, 15) is 18.0 Å². The van der Waals surface area contributed by atoms with Crippen LogP contribution in [0, 0.1) is 0 Å². The van der Waals surface area contributed by atoms with Gasteiger partial charge in [-0.2, -0.15) is 13.2 Å². The Morgan fingerprint density at radius 1 is 1.32 bits per heavy atom. The van der Waals surface area contributed by atoms with Crippen molar-refractivity contribution in [1.82, 2.24) is 4.31 Å². The fourth-order valence-corrected chi connectivity index (χ4v) is 3.14. The molecule has 1 atom stereocenters. The molecule has 2 nitrogen and oxygen atoms in total. The molecule has 0 saturated carbocycles. The molecule has 0 spiro atoms. The van der Waals surface area contributed by atoms with Gasteiger partial charge in [-0.3, -0.25) is 4.79 Å². The number of hydrogen-bond donors (Lipinski definition) is 0. The van der Waals surface area contributed by atoms with Crippen LogP contribution in [-0.4, -0.2) is 22.7 Å². The van der Waals surface area contributed by atoms with Gasteiger partial charge in [-0.15, -0.1) is 0 Å². The van der Waals surface area contributed by atoms with Crippen molar-refractivity contribution in [2.75, 3.05) is 6.54 Å². The Morgan fingerprint density at radius 3 is 2.47 bits per heavy atom. The molecule has 0 amide bonds. The lowest BCUT2D eigenvalue weighted by molar-refractivity contribution is -0.137. The van der Waals surface area contributed by atoms with Crippen LogP contribution in [0.2, 0.25) is 0 Å². The van der Waals surface area contributed by atoms with Crippen molar-refractivity contribution in [3.63, 3.8) is 0 Å². The number of nitrogens with zero attached hydrogens (tertiary/aromatic N) is 1. The van der Waals surface area contributed by atoms with Gasteiger partial charge in [-0.05, 0) is 42.6 Å². The van der Waals surface area contributed by atoms with Crippen molar-refractivity contribution >= 4 is 17.7 Å². The highest BCUT2D eigenvalue weighted by atomic mass is 32.2. The highest BCUT2D eigenvalue weighted by Crippen LogP contribution is 2.34. The molecule has 0 aromatic heterocycles. The minimum atomic E-state index is -4.31. The number of Topliss-reactive ketones (excluding diaryl/α,β-unsaturated/α-hetero) is 1. The van der Waals surface area contributed by atoms with Crippen molar-refractivity contribution in [3.8, 4) is 0 Å². The summed E-state index contributed by atoms with van der Waals surface area (Å²) in [5, 5.41) is 0. The number of rotatable bonds is 3. The van der Waals surface area contributed by atoms with E-state index in [1.54, 1.807) is 0 Å². The molecule has 1 aliphatic rings. The predicted molar refractivity (Wildman–Crippen MR) is 67.7 cm³/mol. The van der Waals surface area contributed by atoms with Gasteiger partial charge in [-0.1, -0.05) is 6.92 Å². The molecule has 1 saturated heterocycles. The zero-order chi connectivity index (χ0) is 14.0. The van der Waals surface area contributed by atoms with E-state index >= 15 is 0 Å². The van der Waals surface area contributed by atoms with Crippen LogP contribution < -0.4 is 0 Å². The molecule has 104 valence electrons. The number of ketones is 1. The molecule has 0 radical (unpaired) electrons. The van der Waals surface area contributed by atoms with Crippen molar-refractivity contribution in [2.45, 2.75) is 36.9 Å². The van der Waals surface area contributed by atoms with E-state index in [-0.39, 0.29) is 11.8 Å². The van der Waals surface area contributed by atoms with Gasteiger partial charge >= 0.3 is 6.18 Å². The molecule has 1 heterocycles. The summed E-state index contributed by atoms with van der Waals surface area (Å²) in [6.07, 6.45) is -2.91. The number of carbonyl (C=O) groups is 1. The van der Waals surface area contributed by atoms with Crippen LogP contribution >= 0.6 is 11.9 Å². The van der Waals surface area contributed by atoms with Gasteiger partial charge in [0.15, 0.2) is 0 Å². The average Bonchev–Trinajstić information content (AvgIpc) is 2.69. The van der Waals surface area contributed by atoms with Gasteiger partial charge < -0.3 is 0 Å². The minimum Gasteiger partial charge on any atom is -0.298 e. The Balaban J connectivity index is 2.05. The van der Waals surface area contributed by atoms with Crippen LogP contribution in [-0.2, 0) is 11.0 Å². The second-order valence-electron chi connectivity index (χ2n) is 4.49. The molecule has 0 N–H and O–H groups in total. The van der Waals surface area contributed by atoms with Gasteiger partial charge in [0.05, 0.1) is 12.1 Å². The van der Waals surface area contributed by atoms with Crippen molar-refractivity contribution in [2.24, 2.45) is 0 Å². The lowest BCUT2D eigenvalue weighted by Crippen LogP contribution is -2.21. The van der Waals surface area contributed by atoms with Crippen LogP contribution in [0.5, 0.6) is 0 Å². The summed E-state index contributed by atoms with van der Waals surface area (Å²) in [5.74, 6) is 0.186. The lowest BCUT2D eigenvalue weighted by Gasteiger charge is -2.20. The SMILES string of the molecule is CC[C@@H]1CC(=O)CN1Sc1ccc(C(F)(F)F)cc1. The third-order valence-electron chi connectivity index (χ3n) is 3.08. The topological polar surface area (TPSA) is 20.3 Å². The molecule has 1 fully saturated rings. The minimum absolute atomic E-state index is 0.180. The van der Waals surface area contributed by atoms with E-state index in [4.69, 9.17) is 0 Å². The molecule has 6 heteroatoms. The molecular formula is C13H14F3NOS. The zero-order valence-electron chi connectivity index (χ0n) is 10.4. The molecule has 19 heavy (non-hydrogen) atoms.